The molecule has 1 heterocycles. The second-order valence-corrected chi connectivity index (χ2v) is 6.91. The van der Waals surface area contributed by atoms with Gasteiger partial charge in [-0.1, -0.05) is 40.9 Å². The van der Waals surface area contributed by atoms with Gasteiger partial charge in [-0.3, -0.25) is 4.72 Å². The molecule has 0 radical (unpaired) electrons. The normalized spacial score (nSPS) is 11.3. The van der Waals surface area contributed by atoms with Gasteiger partial charge in [-0.15, -0.1) is 0 Å². The zero-order chi connectivity index (χ0) is 16.5. The van der Waals surface area contributed by atoms with Gasteiger partial charge in [-0.2, -0.15) is 4.98 Å². The van der Waals surface area contributed by atoms with Crippen LogP contribution in [0.5, 0.6) is 5.88 Å². The maximum atomic E-state index is 12.4. The number of hydrogen-bond acceptors (Lipinski definition) is 5. The minimum atomic E-state index is -4.02. The molecule has 0 saturated carbocycles. The van der Waals surface area contributed by atoms with Crippen LogP contribution in [0.4, 0.5) is 5.82 Å². The van der Waals surface area contributed by atoms with Gasteiger partial charge < -0.3 is 4.74 Å². The Morgan fingerprint density at radius 2 is 1.86 bits per heavy atom. The minimum Gasteiger partial charge on any atom is -0.478 e. The van der Waals surface area contributed by atoms with Crippen molar-refractivity contribution in [3.63, 3.8) is 0 Å². The molecule has 0 aliphatic rings. The number of methoxy groups -OCH3 is 1. The van der Waals surface area contributed by atoms with Crippen molar-refractivity contribution >= 4 is 50.6 Å². The summed E-state index contributed by atoms with van der Waals surface area (Å²) in [5.41, 5.74) is 0.345. The lowest BCUT2D eigenvalue weighted by atomic mass is 10.4. The third-order valence-electron chi connectivity index (χ3n) is 2.61. The van der Waals surface area contributed by atoms with Gasteiger partial charge in [0.15, 0.2) is 5.15 Å². The third kappa shape index (κ3) is 3.38. The van der Waals surface area contributed by atoms with Gasteiger partial charge in [0.05, 0.1) is 22.8 Å². The maximum Gasteiger partial charge on any atom is 0.264 e. The molecule has 22 heavy (non-hydrogen) atoms. The number of hydrogen-bond donors (Lipinski definition) is 1. The number of ether oxygens (including phenoxy) is 1. The van der Waals surface area contributed by atoms with Crippen molar-refractivity contribution in [3.8, 4) is 5.88 Å². The van der Waals surface area contributed by atoms with Crippen molar-refractivity contribution in [2.45, 2.75) is 11.8 Å². The first-order valence-corrected chi connectivity index (χ1v) is 8.43. The molecule has 0 spiro atoms. The first kappa shape index (κ1) is 17.1. The fourth-order valence-electron chi connectivity index (χ4n) is 1.57. The predicted octanol–water partition coefficient (Wildman–Crippen LogP) is 3.55. The van der Waals surface area contributed by atoms with Crippen LogP contribution in [-0.4, -0.2) is 25.5 Å². The Balaban J connectivity index is 2.50. The molecule has 0 amide bonds. The molecular formula is C12H10Cl3N3O3S. The summed E-state index contributed by atoms with van der Waals surface area (Å²) in [6, 6.07) is 4.27. The Hall–Kier alpha value is -1.28. The molecule has 2 aromatic rings. The zero-order valence-corrected chi connectivity index (χ0v) is 14.5. The fourth-order valence-corrected chi connectivity index (χ4v) is 3.45. The molecule has 1 aromatic carbocycles. The van der Waals surface area contributed by atoms with Gasteiger partial charge in [0, 0.05) is 0 Å². The lowest BCUT2D eigenvalue weighted by Gasteiger charge is -2.12. The third-order valence-corrected chi connectivity index (χ3v) is 5.28. The van der Waals surface area contributed by atoms with E-state index in [1.165, 1.54) is 25.3 Å². The number of halogens is 3. The highest BCUT2D eigenvalue weighted by atomic mass is 35.5. The van der Waals surface area contributed by atoms with Crippen molar-refractivity contribution in [1.82, 2.24) is 9.97 Å². The van der Waals surface area contributed by atoms with E-state index in [0.29, 0.717) is 5.69 Å². The van der Waals surface area contributed by atoms with E-state index >= 15 is 0 Å². The van der Waals surface area contributed by atoms with Gasteiger partial charge in [-0.25, -0.2) is 13.4 Å². The van der Waals surface area contributed by atoms with Gasteiger partial charge in [0.25, 0.3) is 15.9 Å². The molecule has 10 heteroatoms. The van der Waals surface area contributed by atoms with Crippen LogP contribution in [-0.2, 0) is 10.0 Å². The van der Waals surface area contributed by atoms with E-state index in [-0.39, 0.29) is 31.8 Å². The van der Waals surface area contributed by atoms with Crippen LogP contribution in [0.3, 0.4) is 0 Å². The van der Waals surface area contributed by atoms with E-state index in [9.17, 15) is 8.42 Å². The topological polar surface area (TPSA) is 81.2 Å². The highest BCUT2D eigenvalue weighted by molar-refractivity contribution is 7.92. The minimum absolute atomic E-state index is 0.0580. The molecule has 0 fully saturated rings. The number of aromatic nitrogens is 2. The quantitative estimate of drug-likeness (QED) is 0.874. The molecule has 0 saturated heterocycles. The number of aryl methyl sites for hydroxylation is 1. The van der Waals surface area contributed by atoms with Crippen LogP contribution in [0.1, 0.15) is 5.69 Å². The Bertz CT molecular complexity index is 828. The van der Waals surface area contributed by atoms with Gasteiger partial charge in [0.1, 0.15) is 4.90 Å². The largest absolute Gasteiger partial charge is 0.478 e. The molecule has 0 atom stereocenters. The van der Waals surface area contributed by atoms with E-state index in [1.807, 2.05) is 0 Å². The summed E-state index contributed by atoms with van der Waals surface area (Å²) in [4.78, 5) is 7.74. The molecule has 0 aliphatic heterocycles. The summed E-state index contributed by atoms with van der Waals surface area (Å²) < 4.78 is 32.1. The Morgan fingerprint density at radius 1 is 1.18 bits per heavy atom. The standard InChI is InChI=1S/C12H10Cl3N3O3S/c1-6-10(15)17-12(21-2)11(16-6)18-22(19,20)8-5-3-4-7(13)9(8)14/h3-5H,1-2H3,(H,16,18). The molecule has 0 aliphatic carbocycles. The molecule has 2 rings (SSSR count). The van der Waals surface area contributed by atoms with Crippen LogP contribution >= 0.6 is 34.8 Å². The Morgan fingerprint density at radius 3 is 2.50 bits per heavy atom. The highest BCUT2D eigenvalue weighted by Crippen LogP contribution is 2.31. The number of rotatable bonds is 4. The zero-order valence-electron chi connectivity index (χ0n) is 11.4. The maximum absolute atomic E-state index is 12.4. The summed E-state index contributed by atoms with van der Waals surface area (Å²) in [5, 5.41) is 0.143. The van der Waals surface area contributed by atoms with Gasteiger partial charge in [0.2, 0.25) is 5.82 Å². The van der Waals surface area contributed by atoms with E-state index in [2.05, 4.69) is 14.7 Å². The summed E-state index contributed by atoms with van der Waals surface area (Å²) in [5.74, 6) is -0.155. The van der Waals surface area contributed by atoms with Crippen LogP contribution in [0.15, 0.2) is 23.1 Å². The van der Waals surface area contributed by atoms with Crippen LogP contribution in [0.25, 0.3) is 0 Å². The summed E-state index contributed by atoms with van der Waals surface area (Å²) in [6.45, 7) is 1.58. The van der Waals surface area contributed by atoms with Crippen molar-refractivity contribution < 1.29 is 13.2 Å². The van der Waals surface area contributed by atoms with E-state index < -0.39 is 10.0 Å². The average Bonchev–Trinajstić information content (AvgIpc) is 2.45. The van der Waals surface area contributed by atoms with E-state index in [1.54, 1.807) is 6.92 Å². The SMILES string of the molecule is COc1nc(Cl)c(C)nc1NS(=O)(=O)c1cccc(Cl)c1Cl. The fraction of sp³-hybridized carbons (Fsp3) is 0.167. The Labute approximate surface area is 142 Å². The summed E-state index contributed by atoms with van der Waals surface area (Å²) in [7, 11) is -2.70. The first-order valence-electron chi connectivity index (χ1n) is 5.81. The number of nitrogens with zero attached hydrogens (tertiary/aromatic N) is 2. The molecule has 0 bridgehead atoms. The summed E-state index contributed by atoms with van der Waals surface area (Å²) >= 11 is 17.6. The van der Waals surface area contributed by atoms with Crippen molar-refractivity contribution in [2.24, 2.45) is 0 Å². The predicted molar refractivity (Wildman–Crippen MR) is 85.6 cm³/mol. The number of sulfonamides is 1. The van der Waals surface area contributed by atoms with E-state index in [0.717, 1.165) is 0 Å². The molecule has 118 valence electrons. The van der Waals surface area contributed by atoms with Gasteiger partial charge in [-0.05, 0) is 19.1 Å². The molecule has 1 N–H and O–H groups in total. The van der Waals surface area contributed by atoms with Crippen molar-refractivity contribution in [1.29, 1.82) is 0 Å². The van der Waals surface area contributed by atoms with Crippen LogP contribution in [0.2, 0.25) is 15.2 Å². The molecular weight excluding hydrogens is 373 g/mol. The van der Waals surface area contributed by atoms with Crippen LogP contribution < -0.4 is 9.46 Å². The Kier molecular flexibility index (Phi) is 5.01. The number of nitrogens with one attached hydrogen (secondary N) is 1. The first-order chi connectivity index (χ1) is 10.3. The smallest absolute Gasteiger partial charge is 0.264 e. The van der Waals surface area contributed by atoms with Crippen molar-refractivity contribution in [3.05, 3.63) is 39.1 Å². The summed E-state index contributed by atoms with van der Waals surface area (Å²) in [6.07, 6.45) is 0. The molecule has 0 unspecified atom stereocenters. The second-order valence-electron chi connectivity index (χ2n) is 4.12. The second kappa shape index (κ2) is 6.45. The van der Waals surface area contributed by atoms with Gasteiger partial charge >= 0.3 is 0 Å². The van der Waals surface area contributed by atoms with E-state index in [4.69, 9.17) is 39.5 Å². The van der Waals surface area contributed by atoms with Crippen molar-refractivity contribution in [2.75, 3.05) is 11.8 Å². The monoisotopic (exact) mass is 381 g/mol. The lowest BCUT2D eigenvalue weighted by molar-refractivity contribution is 0.398. The lowest BCUT2D eigenvalue weighted by Crippen LogP contribution is -2.16. The number of benzene rings is 1. The average molecular weight is 383 g/mol. The molecule has 6 nitrogen and oxygen atoms in total. The van der Waals surface area contributed by atoms with Crippen LogP contribution in [0, 0.1) is 6.92 Å². The molecule has 1 aromatic heterocycles. The highest BCUT2D eigenvalue weighted by Gasteiger charge is 2.23. The number of anilines is 1.